The van der Waals surface area contributed by atoms with E-state index in [0.29, 0.717) is 5.36 Å². The second-order valence-corrected chi connectivity index (χ2v) is 8.81. The van der Waals surface area contributed by atoms with Crippen molar-refractivity contribution < 1.29 is 8.42 Å². The maximum absolute atomic E-state index is 12.9. The lowest BCUT2D eigenvalue weighted by molar-refractivity contribution is 0.583. The molecule has 0 aliphatic carbocycles. The third kappa shape index (κ3) is 4.73. The van der Waals surface area contributed by atoms with Gasteiger partial charge in [0.1, 0.15) is 0 Å². The number of nitrogens with zero attached hydrogens (tertiary/aromatic N) is 1. The van der Waals surface area contributed by atoms with E-state index in [1.165, 1.54) is 0 Å². The minimum absolute atomic E-state index is 0.171. The monoisotopic (exact) mass is 426 g/mol. The summed E-state index contributed by atoms with van der Waals surface area (Å²) in [5, 5.41) is 4.99. The Bertz CT molecular complexity index is 1290. The van der Waals surface area contributed by atoms with Gasteiger partial charge in [0.2, 0.25) is 0 Å². The zero-order valence-electron chi connectivity index (χ0n) is 17.1. The Hall–Kier alpha value is -3.70. The molecule has 0 aromatic heterocycles. The van der Waals surface area contributed by atoms with Crippen molar-refractivity contribution in [2.75, 3.05) is 0 Å². The average molecular weight is 427 g/mol. The Morgan fingerprint density at radius 1 is 0.613 bits per heavy atom. The summed E-state index contributed by atoms with van der Waals surface area (Å²) < 4.78 is 25.8. The fraction of sp³-hybridized carbons (Fsp3) is 0.0385. The number of sulfonamides is 1. The number of hydrogen-bond donors (Lipinski definition) is 1. The Labute approximate surface area is 182 Å². The largest absolute Gasteiger partial charge is 0.276 e. The molecule has 154 valence electrons. The van der Waals surface area contributed by atoms with Gasteiger partial charge in [-0.15, -0.1) is 0 Å². The van der Waals surface area contributed by atoms with Gasteiger partial charge in [0.15, 0.2) is 0 Å². The van der Waals surface area contributed by atoms with Gasteiger partial charge in [-0.2, -0.15) is 18.4 Å². The van der Waals surface area contributed by atoms with E-state index < -0.39 is 10.0 Å². The van der Waals surface area contributed by atoms with E-state index in [1.54, 1.807) is 24.3 Å². The molecule has 4 nitrogen and oxygen atoms in total. The van der Waals surface area contributed by atoms with Crippen molar-refractivity contribution in [2.24, 2.45) is 5.10 Å². The lowest BCUT2D eigenvalue weighted by atomic mass is 10.0. The summed E-state index contributed by atoms with van der Waals surface area (Å²) >= 11 is 0. The lowest BCUT2D eigenvalue weighted by Crippen LogP contribution is -2.23. The van der Waals surface area contributed by atoms with Crippen molar-refractivity contribution in [1.29, 1.82) is 0 Å². The van der Waals surface area contributed by atoms with Crippen LogP contribution in [0.2, 0.25) is 0 Å². The van der Waals surface area contributed by atoms with Crippen LogP contribution in [0.1, 0.15) is 5.56 Å². The Morgan fingerprint density at radius 3 is 1.55 bits per heavy atom. The smallest absolute Gasteiger partial charge is 0.200 e. The fourth-order valence-electron chi connectivity index (χ4n) is 3.30. The highest BCUT2D eigenvalue weighted by atomic mass is 32.2. The molecule has 5 heteroatoms. The first-order chi connectivity index (χ1) is 15.0. The van der Waals surface area contributed by atoms with Crippen molar-refractivity contribution in [3.8, 4) is 22.3 Å². The second kappa shape index (κ2) is 8.98. The maximum Gasteiger partial charge on any atom is 0.276 e. The van der Waals surface area contributed by atoms with Gasteiger partial charge < -0.3 is 0 Å². The molecule has 0 spiro atoms. The first-order valence-electron chi connectivity index (χ1n) is 9.91. The molecule has 0 aliphatic heterocycles. The summed E-state index contributed by atoms with van der Waals surface area (Å²) in [6, 6.07) is 34.1. The zero-order valence-corrected chi connectivity index (χ0v) is 17.9. The molecule has 4 aromatic carbocycles. The van der Waals surface area contributed by atoms with Gasteiger partial charge in [0, 0.05) is 11.1 Å². The fourth-order valence-corrected chi connectivity index (χ4v) is 4.12. The van der Waals surface area contributed by atoms with Crippen molar-refractivity contribution in [3.63, 3.8) is 0 Å². The molecule has 0 radical (unpaired) electrons. The molecule has 0 saturated carbocycles. The van der Waals surface area contributed by atoms with E-state index in [9.17, 15) is 8.42 Å². The van der Waals surface area contributed by atoms with Gasteiger partial charge in [0.05, 0.1) is 10.3 Å². The molecule has 0 amide bonds. The number of hydrogen-bond acceptors (Lipinski definition) is 3. The standard InChI is InChI=1S/C26H22N2O2S/c1-20-16-18-23(19-17-20)31(29,30)28-27-26-24(21-10-4-2-5-11-21)14-8-9-15-25(26)22-12-6-3-7-13-22/h2-19,28H,1H3. The van der Waals surface area contributed by atoms with Crippen LogP contribution in [0.5, 0.6) is 0 Å². The van der Waals surface area contributed by atoms with Crippen LogP contribution < -0.4 is 10.2 Å². The first kappa shape index (κ1) is 20.6. The molecule has 0 aliphatic rings. The molecule has 0 unspecified atom stereocenters. The predicted octanol–water partition coefficient (Wildman–Crippen LogP) is 5.12. The number of benzene rings is 3. The van der Waals surface area contributed by atoms with Gasteiger partial charge >= 0.3 is 0 Å². The van der Waals surface area contributed by atoms with E-state index >= 15 is 0 Å². The van der Waals surface area contributed by atoms with Crippen LogP contribution in [0.4, 0.5) is 0 Å². The van der Waals surface area contributed by atoms with Crippen molar-refractivity contribution >= 4 is 10.0 Å². The third-order valence-electron chi connectivity index (χ3n) is 4.93. The first-order valence-corrected chi connectivity index (χ1v) is 11.4. The molecule has 4 aromatic rings. The van der Waals surface area contributed by atoms with E-state index in [0.717, 1.165) is 27.8 Å². The molecular weight excluding hydrogens is 404 g/mol. The van der Waals surface area contributed by atoms with Gasteiger partial charge in [-0.05, 0) is 30.2 Å². The molecule has 31 heavy (non-hydrogen) atoms. The molecule has 0 heterocycles. The number of nitrogens with one attached hydrogen (secondary N) is 1. The normalized spacial score (nSPS) is 11.0. The van der Waals surface area contributed by atoms with Crippen molar-refractivity contribution in [2.45, 2.75) is 11.8 Å². The quantitative estimate of drug-likeness (QED) is 0.450. The second-order valence-electron chi connectivity index (χ2n) is 7.15. The Balaban J connectivity index is 1.92. The highest BCUT2D eigenvalue weighted by Crippen LogP contribution is 2.20. The number of rotatable bonds is 5. The van der Waals surface area contributed by atoms with Crippen LogP contribution >= 0.6 is 0 Å². The van der Waals surface area contributed by atoms with Gasteiger partial charge in [0.25, 0.3) is 10.0 Å². The maximum atomic E-state index is 12.9. The SMILES string of the molecule is Cc1ccc(S(=O)(=O)NN=c2c(-c3ccccc3)ccccc2-c2ccccc2)cc1. The van der Waals surface area contributed by atoms with Crippen LogP contribution in [-0.2, 0) is 10.0 Å². The van der Waals surface area contributed by atoms with E-state index in [4.69, 9.17) is 0 Å². The van der Waals surface area contributed by atoms with Crippen LogP contribution in [-0.4, -0.2) is 8.42 Å². The van der Waals surface area contributed by atoms with Crippen LogP contribution in [0.3, 0.4) is 0 Å². The summed E-state index contributed by atoms with van der Waals surface area (Å²) in [5.41, 5.74) is 4.55. The van der Waals surface area contributed by atoms with Gasteiger partial charge in [-0.3, -0.25) is 0 Å². The summed E-state index contributed by atoms with van der Waals surface area (Å²) in [4.78, 5) is 2.61. The van der Waals surface area contributed by atoms with E-state index in [1.807, 2.05) is 91.9 Å². The van der Waals surface area contributed by atoms with Crippen molar-refractivity contribution in [3.05, 3.63) is 120 Å². The van der Waals surface area contributed by atoms with Crippen LogP contribution in [0.25, 0.3) is 22.3 Å². The molecule has 0 saturated heterocycles. The minimum atomic E-state index is -3.81. The molecule has 0 atom stereocenters. The lowest BCUT2D eigenvalue weighted by Gasteiger charge is -2.07. The average Bonchev–Trinajstić information content (AvgIpc) is 3.02. The van der Waals surface area contributed by atoms with Gasteiger partial charge in [-0.1, -0.05) is 103 Å². The van der Waals surface area contributed by atoms with E-state index in [-0.39, 0.29) is 4.90 Å². The van der Waals surface area contributed by atoms with Crippen molar-refractivity contribution in [1.82, 2.24) is 4.83 Å². The molecule has 1 N–H and O–H groups in total. The predicted molar refractivity (Wildman–Crippen MR) is 124 cm³/mol. The summed E-state index contributed by atoms with van der Waals surface area (Å²) in [5.74, 6) is 0. The summed E-state index contributed by atoms with van der Waals surface area (Å²) in [6.45, 7) is 1.91. The minimum Gasteiger partial charge on any atom is -0.200 e. The molecule has 0 bridgehead atoms. The summed E-state index contributed by atoms with van der Waals surface area (Å²) in [6.07, 6.45) is 0. The van der Waals surface area contributed by atoms with E-state index in [2.05, 4.69) is 9.93 Å². The molecular formula is C26H22N2O2S. The van der Waals surface area contributed by atoms with Crippen LogP contribution in [0, 0.1) is 6.92 Å². The molecule has 0 fully saturated rings. The van der Waals surface area contributed by atoms with Crippen LogP contribution in [0.15, 0.2) is 119 Å². The Morgan fingerprint density at radius 2 is 1.06 bits per heavy atom. The van der Waals surface area contributed by atoms with Gasteiger partial charge in [-0.25, -0.2) is 0 Å². The summed E-state index contributed by atoms with van der Waals surface area (Å²) in [7, 11) is -3.81. The number of aryl methyl sites for hydroxylation is 1. The zero-order chi connectivity index (χ0) is 21.7. The topological polar surface area (TPSA) is 58.5 Å². The third-order valence-corrected chi connectivity index (χ3v) is 6.15. The molecule has 4 rings (SSSR count). The Kier molecular flexibility index (Phi) is 5.96. The highest BCUT2D eigenvalue weighted by molar-refractivity contribution is 7.89. The highest BCUT2D eigenvalue weighted by Gasteiger charge is 2.13.